The summed E-state index contributed by atoms with van der Waals surface area (Å²) in [4.78, 5) is 23.3. The third-order valence-electron chi connectivity index (χ3n) is 13.8. The van der Waals surface area contributed by atoms with E-state index in [0.717, 1.165) is 38.5 Å². The number of unbranched alkanes of at least 4 members (excludes halogenated alkanes) is 40. The van der Waals surface area contributed by atoms with Gasteiger partial charge in [-0.1, -0.05) is 270 Å². The van der Waals surface area contributed by atoms with Crippen molar-refractivity contribution in [2.24, 2.45) is 0 Å². The van der Waals surface area contributed by atoms with Gasteiger partial charge in [0.1, 0.15) is 13.2 Å². The number of allylic oxidation sites excluding steroid dienone is 2. The van der Waals surface area contributed by atoms with Crippen molar-refractivity contribution in [3.63, 3.8) is 0 Å². The maximum absolute atomic E-state index is 13.0. The predicted octanol–water partition coefficient (Wildman–Crippen LogP) is 17.8. The van der Waals surface area contributed by atoms with Crippen molar-refractivity contribution in [3.05, 3.63) is 12.2 Å². The lowest BCUT2D eigenvalue weighted by Crippen LogP contribution is -2.46. The van der Waals surface area contributed by atoms with Crippen LogP contribution in [0.1, 0.15) is 303 Å². The van der Waals surface area contributed by atoms with Crippen LogP contribution in [0.3, 0.4) is 0 Å². The molecule has 3 N–H and O–H groups in total. The van der Waals surface area contributed by atoms with Gasteiger partial charge in [0.05, 0.1) is 39.9 Å². The Morgan fingerprint density at radius 3 is 1.15 bits per heavy atom. The van der Waals surface area contributed by atoms with E-state index in [2.05, 4.69) is 31.3 Å². The summed E-state index contributed by atoms with van der Waals surface area (Å²) in [5.41, 5.74) is 0. The van der Waals surface area contributed by atoms with Crippen LogP contribution in [0.5, 0.6) is 0 Å². The lowest BCUT2D eigenvalue weighted by Gasteiger charge is -2.26. The summed E-state index contributed by atoms with van der Waals surface area (Å²) in [5.74, 6) is -0.139. The van der Waals surface area contributed by atoms with Crippen molar-refractivity contribution in [1.82, 2.24) is 5.32 Å². The smallest absolute Gasteiger partial charge is 0.391 e. The molecule has 400 valence electrons. The van der Waals surface area contributed by atoms with Crippen LogP contribution in [0.25, 0.3) is 0 Å². The lowest BCUT2D eigenvalue weighted by molar-refractivity contribution is -0.870. The van der Waals surface area contributed by atoms with Gasteiger partial charge in [-0.3, -0.25) is 13.8 Å². The first-order chi connectivity index (χ1) is 32.5. The van der Waals surface area contributed by atoms with Gasteiger partial charge in [0.15, 0.2) is 0 Å². The molecule has 67 heavy (non-hydrogen) atoms. The van der Waals surface area contributed by atoms with E-state index in [1.54, 1.807) is 0 Å². The van der Waals surface area contributed by atoms with E-state index < -0.39 is 20.0 Å². The number of phosphoric ester groups is 1. The quantitative estimate of drug-likeness (QED) is 0.0243. The summed E-state index contributed by atoms with van der Waals surface area (Å²) in [6.45, 7) is 4.94. The summed E-state index contributed by atoms with van der Waals surface area (Å²) >= 11 is 0. The van der Waals surface area contributed by atoms with Gasteiger partial charge in [0, 0.05) is 6.42 Å². The molecule has 8 nitrogen and oxygen atoms in total. The van der Waals surface area contributed by atoms with Crippen LogP contribution in [-0.2, 0) is 18.4 Å². The summed E-state index contributed by atoms with van der Waals surface area (Å²) in [6.07, 6.45) is 61.2. The number of aliphatic hydroxyl groups excluding tert-OH is 1. The molecule has 0 aliphatic rings. The largest absolute Gasteiger partial charge is 0.472 e. The number of hydrogen-bond donors (Lipinski definition) is 3. The highest BCUT2D eigenvalue weighted by Crippen LogP contribution is 2.43. The van der Waals surface area contributed by atoms with Crippen LogP contribution in [0, 0.1) is 0 Å². The second-order valence-electron chi connectivity index (χ2n) is 21.7. The molecule has 0 aromatic heterocycles. The highest BCUT2D eigenvalue weighted by molar-refractivity contribution is 7.47. The van der Waals surface area contributed by atoms with E-state index >= 15 is 0 Å². The molecular weight excluding hydrogens is 852 g/mol. The van der Waals surface area contributed by atoms with Gasteiger partial charge in [-0.25, -0.2) is 4.57 Å². The maximum atomic E-state index is 13.0. The zero-order valence-corrected chi connectivity index (χ0v) is 46.6. The third kappa shape index (κ3) is 52.9. The van der Waals surface area contributed by atoms with E-state index in [1.807, 2.05) is 21.1 Å². The Morgan fingerprint density at radius 2 is 0.806 bits per heavy atom. The monoisotopic (exact) mass is 970 g/mol. The van der Waals surface area contributed by atoms with Gasteiger partial charge in [-0.05, 0) is 38.5 Å². The van der Waals surface area contributed by atoms with E-state index in [9.17, 15) is 19.4 Å². The number of quaternary nitrogens is 1. The zero-order valence-electron chi connectivity index (χ0n) is 45.7. The minimum absolute atomic E-state index is 0.0773. The van der Waals surface area contributed by atoms with Gasteiger partial charge >= 0.3 is 7.82 Å². The van der Waals surface area contributed by atoms with Crippen molar-refractivity contribution in [1.29, 1.82) is 0 Å². The molecule has 0 heterocycles. The van der Waals surface area contributed by atoms with Gasteiger partial charge in [-0.2, -0.15) is 0 Å². The van der Waals surface area contributed by atoms with Crippen LogP contribution in [-0.4, -0.2) is 73.4 Å². The molecule has 0 aromatic rings. The average Bonchev–Trinajstić information content (AvgIpc) is 3.29. The molecule has 0 rings (SSSR count). The first-order valence-corrected chi connectivity index (χ1v) is 31.0. The summed E-state index contributed by atoms with van der Waals surface area (Å²) < 4.78 is 23.8. The second kappa shape index (κ2) is 50.2. The lowest BCUT2D eigenvalue weighted by atomic mass is 10.0. The number of likely N-dealkylation sites (N-methyl/N-ethyl adjacent to an activating group) is 1. The van der Waals surface area contributed by atoms with E-state index in [4.69, 9.17) is 9.05 Å². The number of carbonyl (C=O) groups is 1. The number of carbonyl (C=O) groups excluding carboxylic acids is 1. The molecule has 0 bridgehead atoms. The highest BCUT2D eigenvalue weighted by atomic mass is 31.2. The molecule has 0 aromatic carbocycles. The standard InChI is InChI=1S/C58H117N2O6P/c1-6-8-10-12-14-16-18-20-22-24-26-28-30-32-34-36-38-40-42-44-46-48-50-52-58(62)59-56(55-66-67(63,64)65-54-53-60(3,4)5)57(61)51-49-47-45-43-41-39-37-35-33-31-29-27-25-23-21-19-17-15-13-11-9-7-2/h24,26,56-57,61H,6-23,25,27-55H2,1-5H3,(H-,59,62,63,64)/p+1/b26-24-. The van der Waals surface area contributed by atoms with Crippen molar-refractivity contribution in [3.8, 4) is 0 Å². The van der Waals surface area contributed by atoms with Crippen molar-refractivity contribution >= 4 is 13.7 Å². The van der Waals surface area contributed by atoms with Crippen LogP contribution in [0.2, 0.25) is 0 Å². The minimum Gasteiger partial charge on any atom is -0.391 e. The zero-order chi connectivity index (χ0) is 49.2. The maximum Gasteiger partial charge on any atom is 0.472 e. The Bertz CT molecular complexity index is 1100. The van der Waals surface area contributed by atoms with Gasteiger partial charge in [-0.15, -0.1) is 0 Å². The molecule has 0 radical (unpaired) electrons. The van der Waals surface area contributed by atoms with E-state index in [1.165, 1.54) is 238 Å². The third-order valence-corrected chi connectivity index (χ3v) is 14.7. The first-order valence-electron chi connectivity index (χ1n) is 29.6. The fourth-order valence-electron chi connectivity index (χ4n) is 9.10. The van der Waals surface area contributed by atoms with Crippen LogP contribution >= 0.6 is 7.82 Å². The molecule has 0 aliphatic heterocycles. The number of amides is 1. The summed E-state index contributed by atoms with van der Waals surface area (Å²) in [7, 11) is 1.63. The average molecular weight is 971 g/mol. The number of rotatable bonds is 55. The topological polar surface area (TPSA) is 105 Å². The molecule has 3 unspecified atom stereocenters. The number of nitrogens with one attached hydrogen (secondary N) is 1. The van der Waals surface area contributed by atoms with Crippen LogP contribution in [0.4, 0.5) is 0 Å². The molecular formula is C58H118N2O6P+. The number of aliphatic hydroxyl groups is 1. The second-order valence-corrected chi connectivity index (χ2v) is 23.2. The summed E-state index contributed by atoms with van der Waals surface area (Å²) in [6, 6.07) is -0.758. The molecule has 3 atom stereocenters. The number of phosphoric acid groups is 1. The van der Waals surface area contributed by atoms with E-state index in [0.29, 0.717) is 23.9 Å². The summed E-state index contributed by atoms with van der Waals surface area (Å²) in [5, 5.41) is 14.1. The van der Waals surface area contributed by atoms with Gasteiger partial charge < -0.3 is 19.8 Å². The van der Waals surface area contributed by atoms with Crippen LogP contribution < -0.4 is 5.32 Å². The fourth-order valence-corrected chi connectivity index (χ4v) is 9.84. The first kappa shape index (κ1) is 66.2. The Labute approximate surface area is 418 Å². The molecule has 1 amide bonds. The van der Waals surface area contributed by atoms with Crippen molar-refractivity contribution in [2.75, 3.05) is 40.9 Å². The molecule has 0 saturated heterocycles. The molecule has 0 fully saturated rings. The Hall–Kier alpha value is -0.760. The molecule has 9 heteroatoms. The SMILES string of the molecule is CCCCCCCCCC/C=C\CCCCCCCCCCCCCC(=O)NC(COP(=O)(O)OCC[N+](C)(C)C)C(O)CCCCCCCCCCCCCCCCCCCCCCCC. The van der Waals surface area contributed by atoms with Gasteiger partial charge in [0.25, 0.3) is 0 Å². The normalized spacial score (nSPS) is 14.0. The van der Waals surface area contributed by atoms with Crippen molar-refractivity contribution < 1.29 is 32.9 Å². The molecule has 0 aliphatic carbocycles. The Morgan fingerprint density at radius 1 is 0.493 bits per heavy atom. The Kier molecular flexibility index (Phi) is 49.6. The number of hydrogen-bond acceptors (Lipinski definition) is 5. The highest BCUT2D eigenvalue weighted by Gasteiger charge is 2.28. The van der Waals surface area contributed by atoms with Crippen molar-refractivity contribution in [2.45, 2.75) is 315 Å². The predicted molar refractivity (Wildman–Crippen MR) is 291 cm³/mol. The fraction of sp³-hybridized carbons (Fsp3) is 0.948. The minimum atomic E-state index is -4.32. The van der Waals surface area contributed by atoms with Crippen LogP contribution in [0.15, 0.2) is 12.2 Å². The molecule has 0 spiro atoms. The number of nitrogens with zero attached hydrogens (tertiary/aromatic N) is 1. The Balaban J connectivity index is 4.14. The molecule has 0 saturated carbocycles. The van der Waals surface area contributed by atoms with Gasteiger partial charge in [0.2, 0.25) is 5.91 Å². The van der Waals surface area contributed by atoms with E-state index in [-0.39, 0.29) is 19.1 Å².